The number of hydrogen-bond donors (Lipinski definition) is 1. The second kappa shape index (κ2) is 2.56. The Labute approximate surface area is 57.9 Å². The third-order valence-electron chi connectivity index (χ3n) is 1.15. The molecular formula is C7H7FO2. The molecular weight excluding hydrogens is 135 g/mol. The van der Waals surface area contributed by atoms with E-state index in [-0.39, 0.29) is 11.5 Å². The van der Waals surface area contributed by atoms with E-state index in [0.29, 0.717) is 0 Å². The maximum absolute atomic E-state index is 12.6. The lowest BCUT2D eigenvalue weighted by Gasteiger charge is -2.01. The zero-order chi connectivity index (χ0) is 7.56. The number of aromatic hydroxyl groups is 1. The Bertz CT molecular complexity index is 215. The molecule has 0 saturated carbocycles. The monoisotopic (exact) mass is 142 g/mol. The number of ether oxygens (including phenoxy) is 1. The van der Waals surface area contributed by atoms with Crippen LogP contribution in [-0.4, -0.2) is 12.2 Å². The van der Waals surface area contributed by atoms with Gasteiger partial charge in [-0.3, -0.25) is 0 Å². The van der Waals surface area contributed by atoms with Gasteiger partial charge >= 0.3 is 0 Å². The zero-order valence-corrected chi connectivity index (χ0v) is 5.47. The van der Waals surface area contributed by atoms with Crippen LogP contribution in [0, 0.1) is 5.82 Å². The van der Waals surface area contributed by atoms with Gasteiger partial charge in [-0.25, -0.2) is 4.39 Å². The predicted octanol–water partition coefficient (Wildman–Crippen LogP) is 1.54. The highest BCUT2D eigenvalue weighted by molar-refractivity contribution is 5.39. The lowest BCUT2D eigenvalue weighted by atomic mass is 10.3. The van der Waals surface area contributed by atoms with Gasteiger partial charge in [-0.05, 0) is 12.1 Å². The average molecular weight is 142 g/mol. The van der Waals surface area contributed by atoms with Crippen molar-refractivity contribution >= 4 is 0 Å². The Morgan fingerprint density at radius 2 is 2.20 bits per heavy atom. The summed E-state index contributed by atoms with van der Waals surface area (Å²) >= 11 is 0. The van der Waals surface area contributed by atoms with Gasteiger partial charge < -0.3 is 9.84 Å². The van der Waals surface area contributed by atoms with Gasteiger partial charge in [0.25, 0.3) is 0 Å². The van der Waals surface area contributed by atoms with Crippen LogP contribution >= 0.6 is 0 Å². The number of phenols is 1. The molecule has 0 radical (unpaired) electrons. The van der Waals surface area contributed by atoms with Crippen molar-refractivity contribution in [2.75, 3.05) is 7.11 Å². The normalized spacial score (nSPS) is 9.40. The van der Waals surface area contributed by atoms with Crippen LogP contribution in [-0.2, 0) is 0 Å². The molecule has 0 atom stereocenters. The second-order valence-electron chi connectivity index (χ2n) is 1.79. The van der Waals surface area contributed by atoms with Gasteiger partial charge in [0.2, 0.25) is 0 Å². The Balaban J connectivity index is 3.17. The minimum absolute atomic E-state index is 0.109. The van der Waals surface area contributed by atoms with Gasteiger partial charge in [-0.2, -0.15) is 0 Å². The van der Waals surface area contributed by atoms with E-state index in [0.717, 1.165) is 0 Å². The highest BCUT2D eigenvalue weighted by Gasteiger charge is 2.05. The first kappa shape index (κ1) is 6.86. The fourth-order valence-corrected chi connectivity index (χ4v) is 0.700. The highest BCUT2D eigenvalue weighted by Crippen LogP contribution is 2.27. The minimum Gasteiger partial charge on any atom is -0.504 e. The Morgan fingerprint density at radius 1 is 1.50 bits per heavy atom. The van der Waals surface area contributed by atoms with Crippen molar-refractivity contribution in [2.45, 2.75) is 0 Å². The quantitative estimate of drug-likeness (QED) is 0.644. The molecule has 0 fully saturated rings. The molecule has 10 heavy (non-hydrogen) atoms. The van der Waals surface area contributed by atoms with Gasteiger partial charge in [0.05, 0.1) is 7.11 Å². The molecule has 0 aliphatic rings. The molecule has 0 bridgehead atoms. The number of hydrogen-bond acceptors (Lipinski definition) is 2. The van der Waals surface area contributed by atoms with Crippen molar-refractivity contribution in [3.63, 3.8) is 0 Å². The molecule has 1 aromatic carbocycles. The molecule has 3 heteroatoms. The summed E-state index contributed by atoms with van der Waals surface area (Å²) in [5.74, 6) is -0.840. The van der Waals surface area contributed by atoms with Crippen LogP contribution in [0.1, 0.15) is 0 Å². The maximum Gasteiger partial charge on any atom is 0.196 e. The van der Waals surface area contributed by atoms with E-state index in [1.807, 2.05) is 0 Å². The van der Waals surface area contributed by atoms with Crippen molar-refractivity contribution in [3.8, 4) is 11.5 Å². The highest BCUT2D eigenvalue weighted by atomic mass is 19.1. The first-order valence-electron chi connectivity index (χ1n) is 2.77. The third kappa shape index (κ3) is 1.03. The Hall–Kier alpha value is -1.25. The number of phenolic OH excluding ortho intramolecular Hbond substituents is 1. The first-order valence-corrected chi connectivity index (χ1v) is 2.77. The van der Waals surface area contributed by atoms with E-state index < -0.39 is 5.82 Å². The Morgan fingerprint density at radius 3 is 2.60 bits per heavy atom. The lowest BCUT2D eigenvalue weighted by molar-refractivity contribution is 0.351. The number of benzene rings is 1. The Kier molecular flexibility index (Phi) is 1.76. The topological polar surface area (TPSA) is 29.5 Å². The maximum atomic E-state index is 12.6. The van der Waals surface area contributed by atoms with Crippen LogP contribution in [0.2, 0.25) is 0 Å². The molecule has 0 aliphatic carbocycles. The second-order valence-corrected chi connectivity index (χ2v) is 1.79. The van der Waals surface area contributed by atoms with Gasteiger partial charge in [-0.1, -0.05) is 6.07 Å². The molecule has 54 valence electrons. The van der Waals surface area contributed by atoms with E-state index in [1.165, 1.54) is 25.3 Å². The fourth-order valence-electron chi connectivity index (χ4n) is 0.700. The number of halogens is 1. The molecule has 1 rings (SSSR count). The summed E-state index contributed by atoms with van der Waals surface area (Å²) in [5, 5.41) is 8.93. The van der Waals surface area contributed by atoms with E-state index in [2.05, 4.69) is 4.74 Å². The van der Waals surface area contributed by atoms with Crippen molar-refractivity contribution in [3.05, 3.63) is 24.0 Å². The van der Waals surface area contributed by atoms with Crippen LogP contribution in [0.3, 0.4) is 0 Å². The number of rotatable bonds is 1. The zero-order valence-electron chi connectivity index (χ0n) is 5.47. The summed E-state index contributed by atoms with van der Waals surface area (Å²) < 4.78 is 17.1. The van der Waals surface area contributed by atoms with Crippen LogP contribution in [0.25, 0.3) is 0 Å². The van der Waals surface area contributed by atoms with E-state index >= 15 is 0 Å². The van der Waals surface area contributed by atoms with E-state index in [4.69, 9.17) is 5.11 Å². The molecule has 0 aromatic heterocycles. The predicted molar refractivity (Wildman–Crippen MR) is 34.6 cm³/mol. The van der Waals surface area contributed by atoms with Crippen LogP contribution < -0.4 is 4.74 Å². The summed E-state index contributed by atoms with van der Waals surface area (Å²) in [6.07, 6.45) is 0. The van der Waals surface area contributed by atoms with Gasteiger partial charge in [0.1, 0.15) is 0 Å². The van der Waals surface area contributed by atoms with E-state index in [1.54, 1.807) is 0 Å². The van der Waals surface area contributed by atoms with Gasteiger partial charge in [-0.15, -0.1) is 0 Å². The summed E-state index contributed by atoms with van der Waals surface area (Å²) in [5.41, 5.74) is 0. The van der Waals surface area contributed by atoms with Crippen molar-refractivity contribution in [2.24, 2.45) is 0 Å². The van der Waals surface area contributed by atoms with Gasteiger partial charge in [0, 0.05) is 0 Å². The lowest BCUT2D eigenvalue weighted by Crippen LogP contribution is -1.86. The number of methoxy groups -OCH3 is 1. The summed E-state index contributed by atoms with van der Waals surface area (Å²) in [7, 11) is 1.30. The molecule has 1 N–H and O–H groups in total. The molecule has 0 heterocycles. The average Bonchev–Trinajstić information content (AvgIpc) is 1.88. The molecule has 1 aromatic rings. The molecule has 2 nitrogen and oxygen atoms in total. The van der Waals surface area contributed by atoms with Crippen molar-refractivity contribution in [1.82, 2.24) is 0 Å². The van der Waals surface area contributed by atoms with E-state index in [9.17, 15) is 4.39 Å². The van der Waals surface area contributed by atoms with Crippen LogP contribution in [0.15, 0.2) is 18.2 Å². The molecule has 0 aliphatic heterocycles. The van der Waals surface area contributed by atoms with Crippen molar-refractivity contribution in [1.29, 1.82) is 0 Å². The SMILES string of the molecule is COc1c(O)cccc1F. The standard InChI is InChI=1S/C7H7FO2/c1-10-7-5(8)3-2-4-6(7)9/h2-4,9H,1H3. The molecule has 0 unspecified atom stereocenters. The largest absolute Gasteiger partial charge is 0.504 e. The summed E-state index contributed by atoms with van der Waals surface area (Å²) in [6, 6.07) is 3.99. The minimum atomic E-state index is -0.553. The number of para-hydroxylation sites is 1. The first-order chi connectivity index (χ1) is 4.75. The summed E-state index contributed by atoms with van der Waals surface area (Å²) in [4.78, 5) is 0. The molecule has 0 amide bonds. The van der Waals surface area contributed by atoms with Crippen molar-refractivity contribution < 1.29 is 14.2 Å². The summed E-state index contributed by atoms with van der Waals surface area (Å²) in [6.45, 7) is 0. The molecule has 0 saturated heterocycles. The molecule has 0 spiro atoms. The van der Waals surface area contributed by atoms with Crippen LogP contribution in [0.5, 0.6) is 11.5 Å². The van der Waals surface area contributed by atoms with Gasteiger partial charge in [0.15, 0.2) is 17.3 Å². The smallest absolute Gasteiger partial charge is 0.196 e. The van der Waals surface area contributed by atoms with Crippen LogP contribution in [0.4, 0.5) is 4.39 Å². The fraction of sp³-hybridized carbons (Fsp3) is 0.143. The third-order valence-corrected chi connectivity index (χ3v) is 1.15.